The maximum Gasteiger partial charge on any atom is 0.255 e. The third-order valence-electron chi connectivity index (χ3n) is 3.70. The fourth-order valence-electron chi connectivity index (χ4n) is 2.44. The lowest BCUT2D eigenvalue weighted by atomic mass is 10.1. The number of aromatic nitrogens is 4. The molecule has 1 amide bonds. The van der Waals surface area contributed by atoms with Gasteiger partial charge in [0.1, 0.15) is 6.33 Å². The van der Waals surface area contributed by atoms with Crippen LogP contribution in [0.3, 0.4) is 0 Å². The van der Waals surface area contributed by atoms with E-state index < -0.39 is 0 Å². The van der Waals surface area contributed by atoms with Crippen molar-refractivity contribution in [3.63, 3.8) is 0 Å². The Bertz CT molecular complexity index is 893. The number of amides is 1. The number of benzene rings is 2. The van der Waals surface area contributed by atoms with Crippen molar-refractivity contribution in [1.82, 2.24) is 20.2 Å². The number of rotatable bonds is 5. The minimum atomic E-state index is -0.240. The molecule has 1 N–H and O–H groups in total. The van der Waals surface area contributed by atoms with E-state index >= 15 is 0 Å². The summed E-state index contributed by atoms with van der Waals surface area (Å²) >= 11 is 0. The number of hydrogen-bond acceptors (Lipinski definition) is 6. The topological polar surface area (TPSA) is 91.2 Å². The number of carbonyl (C=O) groups is 1. The zero-order valence-electron chi connectivity index (χ0n) is 14.1. The molecule has 8 heteroatoms. The van der Waals surface area contributed by atoms with Gasteiger partial charge in [-0.15, -0.1) is 5.10 Å². The van der Waals surface area contributed by atoms with Gasteiger partial charge in [0.2, 0.25) is 0 Å². The Labute approximate surface area is 144 Å². The van der Waals surface area contributed by atoms with Gasteiger partial charge in [0, 0.05) is 11.3 Å². The molecule has 0 aliphatic heterocycles. The Kier molecular flexibility index (Phi) is 4.60. The fourth-order valence-corrected chi connectivity index (χ4v) is 2.44. The highest BCUT2D eigenvalue weighted by Gasteiger charge is 2.12. The van der Waals surface area contributed by atoms with Crippen LogP contribution in [0.4, 0.5) is 5.69 Å². The van der Waals surface area contributed by atoms with Gasteiger partial charge in [-0.05, 0) is 59.3 Å². The van der Waals surface area contributed by atoms with Crippen LogP contribution in [-0.4, -0.2) is 40.3 Å². The molecule has 25 heavy (non-hydrogen) atoms. The van der Waals surface area contributed by atoms with Crippen molar-refractivity contribution in [1.29, 1.82) is 0 Å². The molecule has 0 saturated heterocycles. The normalized spacial score (nSPS) is 10.4. The van der Waals surface area contributed by atoms with Crippen LogP contribution in [0.5, 0.6) is 11.5 Å². The van der Waals surface area contributed by atoms with Crippen molar-refractivity contribution in [2.24, 2.45) is 0 Å². The first kappa shape index (κ1) is 16.4. The molecule has 3 aromatic rings. The van der Waals surface area contributed by atoms with E-state index in [1.807, 2.05) is 19.1 Å². The summed E-state index contributed by atoms with van der Waals surface area (Å²) in [6.45, 7) is 1.92. The first-order chi connectivity index (χ1) is 12.1. The summed E-state index contributed by atoms with van der Waals surface area (Å²) in [7, 11) is 3.08. The highest BCUT2D eigenvalue weighted by Crippen LogP contribution is 2.28. The highest BCUT2D eigenvalue weighted by molar-refractivity contribution is 6.04. The molecule has 3 rings (SSSR count). The number of hydrogen-bond donors (Lipinski definition) is 1. The van der Waals surface area contributed by atoms with Gasteiger partial charge >= 0.3 is 0 Å². The second-order valence-electron chi connectivity index (χ2n) is 5.28. The smallest absolute Gasteiger partial charge is 0.255 e. The number of methoxy groups -OCH3 is 2. The molecule has 0 atom stereocenters. The molecule has 0 fully saturated rings. The van der Waals surface area contributed by atoms with E-state index in [4.69, 9.17) is 9.47 Å². The Balaban J connectivity index is 1.80. The van der Waals surface area contributed by atoms with Crippen LogP contribution < -0.4 is 14.8 Å². The van der Waals surface area contributed by atoms with Crippen molar-refractivity contribution >= 4 is 11.6 Å². The summed E-state index contributed by atoms with van der Waals surface area (Å²) in [4.78, 5) is 12.5. The van der Waals surface area contributed by atoms with Gasteiger partial charge in [0.05, 0.1) is 19.9 Å². The molecule has 8 nitrogen and oxygen atoms in total. The molecular formula is C17H17N5O3. The predicted molar refractivity (Wildman–Crippen MR) is 91.4 cm³/mol. The molecule has 1 heterocycles. The maximum atomic E-state index is 12.5. The van der Waals surface area contributed by atoms with Crippen molar-refractivity contribution in [3.05, 3.63) is 53.9 Å². The number of nitrogens with zero attached hydrogens (tertiary/aromatic N) is 4. The standard InChI is InChI=1S/C17H17N5O3/c1-11-8-13(5-6-14(11)22-10-18-20-21-22)19-17(23)12-4-7-15(24-2)16(9-12)25-3/h4-10H,1-3H3,(H,19,23). The molecule has 0 radical (unpaired) electrons. The lowest BCUT2D eigenvalue weighted by Crippen LogP contribution is -2.12. The van der Waals surface area contributed by atoms with Gasteiger partial charge in [-0.3, -0.25) is 4.79 Å². The van der Waals surface area contributed by atoms with Crippen molar-refractivity contribution in [2.45, 2.75) is 6.92 Å². The van der Waals surface area contributed by atoms with Crippen LogP contribution in [0, 0.1) is 6.92 Å². The van der Waals surface area contributed by atoms with Gasteiger partial charge in [0.25, 0.3) is 5.91 Å². The second kappa shape index (κ2) is 7.00. The number of tetrazole rings is 1. The number of nitrogens with one attached hydrogen (secondary N) is 1. The molecule has 0 aliphatic rings. The third-order valence-corrected chi connectivity index (χ3v) is 3.70. The minimum absolute atomic E-state index is 0.240. The molecule has 2 aromatic carbocycles. The van der Waals surface area contributed by atoms with Crippen LogP contribution in [0.1, 0.15) is 15.9 Å². The average Bonchev–Trinajstić information content (AvgIpc) is 3.15. The molecular weight excluding hydrogens is 322 g/mol. The maximum absolute atomic E-state index is 12.5. The van der Waals surface area contributed by atoms with Crippen LogP contribution in [0.15, 0.2) is 42.7 Å². The number of anilines is 1. The van der Waals surface area contributed by atoms with E-state index in [9.17, 15) is 4.79 Å². The number of aryl methyl sites for hydroxylation is 1. The summed E-state index contributed by atoms with van der Waals surface area (Å²) < 4.78 is 12.0. The van der Waals surface area contributed by atoms with Gasteiger partial charge in [-0.25, -0.2) is 4.68 Å². The van der Waals surface area contributed by atoms with Gasteiger partial charge in [0.15, 0.2) is 11.5 Å². The quantitative estimate of drug-likeness (QED) is 0.766. The van der Waals surface area contributed by atoms with E-state index in [-0.39, 0.29) is 5.91 Å². The zero-order valence-corrected chi connectivity index (χ0v) is 14.1. The Morgan fingerprint density at radius 3 is 2.52 bits per heavy atom. The van der Waals surface area contributed by atoms with Crippen LogP contribution in [-0.2, 0) is 0 Å². The SMILES string of the molecule is COc1ccc(C(=O)Nc2ccc(-n3cnnn3)c(C)c2)cc1OC. The minimum Gasteiger partial charge on any atom is -0.493 e. The van der Waals surface area contributed by atoms with Crippen molar-refractivity contribution in [3.8, 4) is 17.2 Å². The number of carbonyl (C=O) groups excluding carboxylic acids is 1. The Morgan fingerprint density at radius 2 is 1.88 bits per heavy atom. The van der Waals surface area contributed by atoms with E-state index in [0.29, 0.717) is 22.7 Å². The second-order valence-corrected chi connectivity index (χ2v) is 5.28. The first-order valence-electron chi connectivity index (χ1n) is 7.49. The van der Waals surface area contributed by atoms with Crippen LogP contribution in [0.25, 0.3) is 5.69 Å². The Hall–Kier alpha value is -3.42. The lowest BCUT2D eigenvalue weighted by Gasteiger charge is -2.11. The molecule has 0 bridgehead atoms. The Morgan fingerprint density at radius 1 is 1.08 bits per heavy atom. The van der Waals surface area contributed by atoms with Crippen molar-refractivity contribution < 1.29 is 14.3 Å². The fraction of sp³-hybridized carbons (Fsp3) is 0.176. The van der Waals surface area contributed by atoms with Crippen LogP contribution in [0.2, 0.25) is 0 Å². The number of ether oxygens (including phenoxy) is 2. The molecule has 0 unspecified atom stereocenters. The summed E-state index contributed by atoms with van der Waals surface area (Å²) in [5.41, 5.74) is 2.92. The first-order valence-corrected chi connectivity index (χ1v) is 7.49. The molecule has 0 saturated carbocycles. The van der Waals surface area contributed by atoms with E-state index in [0.717, 1.165) is 11.3 Å². The van der Waals surface area contributed by atoms with E-state index in [1.165, 1.54) is 13.4 Å². The molecule has 0 aliphatic carbocycles. The lowest BCUT2D eigenvalue weighted by molar-refractivity contribution is 0.102. The monoisotopic (exact) mass is 339 g/mol. The summed E-state index contributed by atoms with van der Waals surface area (Å²) in [6.07, 6.45) is 1.52. The average molecular weight is 339 g/mol. The summed E-state index contributed by atoms with van der Waals surface area (Å²) in [5.74, 6) is 0.830. The largest absolute Gasteiger partial charge is 0.493 e. The third kappa shape index (κ3) is 3.42. The van der Waals surface area contributed by atoms with Gasteiger partial charge in [-0.1, -0.05) is 0 Å². The molecule has 128 valence electrons. The van der Waals surface area contributed by atoms with Gasteiger partial charge in [-0.2, -0.15) is 0 Å². The van der Waals surface area contributed by atoms with E-state index in [2.05, 4.69) is 20.8 Å². The van der Waals surface area contributed by atoms with E-state index in [1.54, 1.807) is 36.1 Å². The predicted octanol–water partition coefficient (Wildman–Crippen LogP) is 2.24. The zero-order chi connectivity index (χ0) is 17.8. The summed E-state index contributed by atoms with van der Waals surface area (Å²) in [6, 6.07) is 10.5. The van der Waals surface area contributed by atoms with Crippen LogP contribution >= 0.6 is 0 Å². The highest BCUT2D eigenvalue weighted by atomic mass is 16.5. The van der Waals surface area contributed by atoms with Gasteiger partial charge < -0.3 is 14.8 Å². The summed E-state index contributed by atoms with van der Waals surface area (Å²) in [5, 5.41) is 14.0. The molecule has 1 aromatic heterocycles. The molecule has 0 spiro atoms. The van der Waals surface area contributed by atoms with Crippen molar-refractivity contribution in [2.75, 3.05) is 19.5 Å².